The number of fused-ring (bicyclic) bond motifs is 1. The lowest BCUT2D eigenvalue weighted by molar-refractivity contribution is -0.125. The van der Waals surface area contributed by atoms with Gasteiger partial charge in [-0.15, -0.1) is 0 Å². The van der Waals surface area contributed by atoms with Crippen LogP contribution >= 0.6 is 0 Å². The molecule has 1 heterocycles. The average Bonchev–Trinajstić information content (AvgIpc) is 2.95. The highest BCUT2D eigenvalue weighted by atomic mass is 16.2. The lowest BCUT2D eigenvalue weighted by Crippen LogP contribution is -2.36. The molecule has 1 aromatic heterocycles. The Kier molecular flexibility index (Phi) is 4.36. The highest BCUT2D eigenvalue weighted by Crippen LogP contribution is 2.23. The molecule has 3 rings (SSSR count). The first-order valence-electron chi connectivity index (χ1n) is 8.11. The van der Waals surface area contributed by atoms with Crippen LogP contribution in [-0.2, 0) is 24.2 Å². The summed E-state index contributed by atoms with van der Waals surface area (Å²) in [4.78, 5) is 24.0. The number of hydrogen-bond donors (Lipinski definition) is 1. The van der Waals surface area contributed by atoms with Crippen LogP contribution in [0.5, 0.6) is 0 Å². The van der Waals surface area contributed by atoms with Gasteiger partial charge in [0.25, 0.3) is 5.56 Å². The highest BCUT2D eigenvalue weighted by Gasteiger charge is 2.20. The standard InChI is InChI=1S/C16H23N3O2/c20-15-11-13-7-4-8-14(13)18-19(15)10-9-17-16(21)12-5-2-1-3-6-12/h11-12H,1-10H2,(H,17,21). The minimum atomic E-state index is -0.0532. The molecule has 2 aliphatic rings. The first kappa shape index (κ1) is 14.3. The predicted octanol–water partition coefficient (Wildman–Crippen LogP) is 1.43. The van der Waals surface area contributed by atoms with Gasteiger partial charge in [0, 0.05) is 18.5 Å². The number of rotatable bonds is 4. The van der Waals surface area contributed by atoms with Crippen LogP contribution in [0.3, 0.4) is 0 Å². The largest absolute Gasteiger partial charge is 0.354 e. The summed E-state index contributed by atoms with van der Waals surface area (Å²) < 4.78 is 1.49. The Morgan fingerprint density at radius 3 is 2.86 bits per heavy atom. The molecule has 0 radical (unpaired) electrons. The fourth-order valence-corrected chi connectivity index (χ4v) is 3.39. The molecule has 1 saturated carbocycles. The number of aromatic nitrogens is 2. The van der Waals surface area contributed by atoms with Crippen molar-refractivity contribution in [2.45, 2.75) is 57.9 Å². The number of amides is 1. The summed E-state index contributed by atoms with van der Waals surface area (Å²) in [7, 11) is 0. The number of nitrogens with one attached hydrogen (secondary N) is 1. The second-order valence-electron chi connectivity index (χ2n) is 6.16. The third-order valence-corrected chi connectivity index (χ3v) is 4.62. The number of hydrogen-bond acceptors (Lipinski definition) is 3. The molecule has 1 fully saturated rings. The van der Waals surface area contributed by atoms with Crippen LogP contribution in [0, 0.1) is 5.92 Å². The predicted molar refractivity (Wildman–Crippen MR) is 80.1 cm³/mol. The van der Waals surface area contributed by atoms with Crippen molar-refractivity contribution in [2.24, 2.45) is 5.92 Å². The SMILES string of the molecule is O=C(NCCn1nc2c(cc1=O)CCC2)C1CCCCC1. The monoisotopic (exact) mass is 289 g/mol. The Hall–Kier alpha value is -1.65. The fourth-order valence-electron chi connectivity index (χ4n) is 3.39. The molecule has 5 nitrogen and oxygen atoms in total. The van der Waals surface area contributed by atoms with Gasteiger partial charge in [-0.1, -0.05) is 19.3 Å². The summed E-state index contributed by atoms with van der Waals surface area (Å²) in [6, 6.07) is 1.71. The smallest absolute Gasteiger partial charge is 0.267 e. The summed E-state index contributed by atoms with van der Waals surface area (Å²) in [5, 5.41) is 7.37. The summed E-state index contributed by atoms with van der Waals surface area (Å²) in [5.74, 6) is 0.312. The van der Waals surface area contributed by atoms with Crippen LogP contribution in [0.1, 0.15) is 49.8 Å². The van der Waals surface area contributed by atoms with Crippen molar-refractivity contribution in [2.75, 3.05) is 6.54 Å². The molecule has 1 N–H and O–H groups in total. The Morgan fingerprint density at radius 2 is 2.05 bits per heavy atom. The van der Waals surface area contributed by atoms with Crippen molar-refractivity contribution >= 4 is 5.91 Å². The normalized spacial score (nSPS) is 18.5. The van der Waals surface area contributed by atoms with Gasteiger partial charge in [0.15, 0.2) is 0 Å². The Bertz CT molecular complexity index is 573. The van der Waals surface area contributed by atoms with Crippen LogP contribution in [0.4, 0.5) is 0 Å². The zero-order valence-electron chi connectivity index (χ0n) is 12.4. The molecule has 0 bridgehead atoms. The molecular formula is C16H23N3O2. The maximum Gasteiger partial charge on any atom is 0.267 e. The summed E-state index contributed by atoms with van der Waals surface area (Å²) in [5.41, 5.74) is 2.10. The molecular weight excluding hydrogens is 266 g/mol. The number of aryl methyl sites for hydroxylation is 2. The second-order valence-corrected chi connectivity index (χ2v) is 6.16. The first-order chi connectivity index (χ1) is 10.2. The van der Waals surface area contributed by atoms with E-state index in [9.17, 15) is 9.59 Å². The van der Waals surface area contributed by atoms with Crippen molar-refractivity contribution in [3.8, 4) is 0 Å². The van der Waals surface area contributed by atoms with Crippen LogP contribution in [0.15, 0.2) is 10.9 Å². The lowest BCUT2D eigenvalue weighted by atomic mass is 9.89. The zero-order valence-corrected chi connectivity index (χ0v) is 12.4. The number of carbonyl (C=O) groups is 1. The van der Waals surface area contributed by atoms with E-state index >= 15 is 0 Å². The van der Waals surface area contributed by atoms with Crippen molar-refractivity contribution in [1.29, 1.82) is 0 Å². The van der Waals surface area contributed by atoms with Gasteiger partial charge in [0.05, 0.1) is 12.2 Å². The molecule has 0 atom stereocenters. The van der Waals surface area contributed by atoms with Crippen LogP contribution in [-0.4, -0.2) is 22.2 Å². The van der Waals surface area contributed by atoms with Gasteiger partial charge in [-0.2, -0.15) is 5.10 Å². The van der Waals surface area contributed by atoms with E-state index in [0.29, 0.717) is 13.1 Å². The van der Waals surface area contributed by atoms with Gasteiger partial charge < -0.3 is 5.32 Å². The summed E-state index contributed by atoms with van der Waals surface area (Å²) in [6.07, 6.45) is 8.59. The van der Waals surface area contributed by atoms with Crippen LogP contribution in [0.2, 0.25) is 0 Å². The van der Waals surface area contributed by atoms with Crippen molar-refractivity contribution in [3.05, 3.63) is 27.7 Å². The van der Waals surface area contributed by atoms with Gasteiger partial charge >= 0.3 is 0 Å². The molecule has 1 aromatic rings. The van der Waals surface area contributed by atoms with E-state index < -0.39 is 0 Å². The fraction of sp³-hybridized carbons (Fsp3) is 0.688. The van der Waals surface area contributed by atoms with E-state index in [2.05, 4.69) is 10.4 Å². The summed E-state index contributed by atoms with van der Waals surface area (Å²) >= 11 is 0. The number of nitrogens with zero attached hydrogens (tertiary/aromatic N) is 2. The molecule has 21 heavy (non-hydrogen) atoms. The molecule has 5 heteroatoms. The van der Waals surface area contributed by atoms with Gasteiger partial charge in [0.1, 0.15) is 0 Å². The van der Waals surface area contributed by atoms with E-state index in [4.69, 9.17) is 0 Å². The second kappa shape index (κ2) is 6.41. The molecule has 0 spiro atoms. The highest BCUT2D eigenvalue weighted by molar-refractivity contribution is 5.78. The van der Waals surface area contributed by atoms with Gasteiger partial charge in [-0.05, 0) is 37.7 Å². The molecule has 0 aliphatic heterocycles. The maximum atomic E-state index is 12.0. The van der Waals surface area contributed by atoms with Crippen molar-refractivity contribution in [3.63, 3.8) is 0 Å². The minimum Gasteiger partial charge on any atom is -0.354 e. The molecule has 1 amide bonds. The molecule has 114 valence electrons. The van der Waals surface area contributed by atoms with E-state index in [0.717, 1.165) is 56.2 Å². The quantitative estimate of drug-likeness (QED) is 0.912. The molecule has 2 aliphatic carbocycles. The minimum absolute atomic E-state index is 0.0532. The molecule has 0 unspecified atom stereocenters. The average molecular weight is 289 g/mol. The Balaban J connectivity index is 1.53. The Morgan fingerprint density at radius 1 is 1.24 bits per heavy atom. The zero-order chi connectivity index (χ0) is 14.7. The lowest BCUT2D eigenvalue weighted by Gasteiger charge is -2.20. The van der Waals surface area contributed by atoms with E-state index in [1.807, 2.05) is 0 Å². The van der Waals surface area contributed by atoms with Gasteiger partial charge in [0.2, 0.25) is 5.91 Å². The molecule has 0 saturated heterocycles. The topological polar surface area (TPSA) is 64.0 Å². The van der Waals surface area contributed by atoms with E-state index in [-0.39, 0.29) is 17.4 Å². The van der Waals surface area contributed by atoms with E-state index in [1.165, 1.54) is 11.1 Å². The van der Waals surface area contributed by atoms with Gasteiger partial charge in [-0.25, -0.2) is 4.68 Å². The van der Waals surface area contributed by atoms with E-state index in [1.54, 1.807) is 6.07 Å². The van der Waals surface area contributed by atoms with Crippen molar-refractivity contribution < 1.29 is 4.79 Å². The van der Waals surface area contributed by atoms with Crippen LogP contribution in [0.25, 0.3) is 0 Å². The van der Waals surface area contributed by atoms with Crippen molar-refractivity contribution in [1.82, 2.24) is 15.1 Å². The number of carbonyl (C=O) groups excluding carboxylic acids is 1. The third kappa shape index (κ3) is 3.34. The first-order valence-corrected chi connectivity index (χ1v) is 8.11. The van der Waals surface area contributed by atoms with Gasteiger partial charge in [-0.3, -0.25) is 9.59 Å². The summed E-state index contributed by atoms with van der Waals surface area (Å²) in [6.45, 7) is 0.950. The maximum absolute atomic E-state index is 12.0. The van der Waals surface area contributed by atoms with Crippen LogP contribution < -0.4 is 10.9 Å². The third-order valence-electron chi connectivity index (χ3n) is 4.62. The Labute approximate surface area is 124 Å². The molecule has 0 aromatic carbocycles.